The van der Waals surface area contributed by atoms with E-state index in [4.69, 9.17) is 44.9 Å². The number of amidine groups is 3. The Hall–Kier alpha value is -2.30. The van der Waals surface area contributed by atoms with Crippen LogP contribution in [0.25, 0.3) is 0 Å². The van der Waals surface area contributed by atoms with Crippen LogP contribution in [-0.4, -0.2) is 48.9 Å². The van der Waals surface area contributed by atoms with Crippen LogP contribution >= 0.6 is 11.8 Å². The first-order chi connectivity index (χ1) is 10.3. The van der Waals surface area contributed by atoms with Gasteiger partial charge in [-0.15, -0.1) is 0 Å². The average molecular weight is 351 g/mol. The Balaban J connectivity index is -0.0000000589. The van der Waals surface area contributed by atoms with Gasteiger partial charge >= 0.3 is 0 Å². The largest absolute Gasteiger partial charge is 0.388 e. The normalized spacial score (nSPS) is 7.87. The van der Waals surface area contributed by atoms with Gasteiger partial charge in [0.2, 0.25) is 0 Å². The molecule has 11 heteroatoms. The maximum atomic E-state index is 6.50. The fourth-order valence-corrected chi connectivity index (χ4v) is 0. The summed E-state index contributed by atoms with van der Waals surface area (Å²) >= 11 is 1.24. The van der Waals surface area contributed by atoms with Crippen molar-refractivity contribution >= 4 is 40.3 Å². The molecule has 0 aromatic carbocycles. The number of guanidine groups is 1. The summed E-state index contributed by atoms with van der Waals surface area (Å²) in [5.41, 5.74) is 24.9. The smallest absolute Gasteiger partial charge is 0.185 e. The van der Waals surface area contributed by atoms with Crippen molar-refractivity contribution in [2.24, 2.45) is 38.7 Å². The third-order valence-electron chi connectivity index (χ3n) is 0.831. The van der Waals surface area contributed by atoms with Crippen LogP contribution in [-0.2, 0) is 0 Å². The van der Waals surface area contributed by atoms with Gasteiger partial charge in [0.15, 0.2) is 11.1 Å². The second kappa shape index (κ2) is 27.9. The van der Waals surface area contributed by atoms with E-state index in [1.54, 1.807) is 34.1 Å². The van der Waals surface area contributed by atoms with Crippen LogP contribution in [0.2, 0.25) is 0 Å². The van der Waals surface area contributed by atoms with E-state index in [2.05, 4.69) is 9.98 Å². The summed E-state index contributed by atoms with van der Waals surface area (Å²) in [7, 11) is 3.20. The van der Waals surface area contributed by atoms with E-state index < -0.39 is 0 Å². The summed E-state index contributed by atoms with van der Waals surface area (Å²) in [5.74, 6) is 0.926. The monoisotopic (exact) mass is 350 g/mol. The number of nitrogens with two attached hydrogens (primary N) is 5. The Morgan fingerprint density at radius 2 is 0.913 bits per heavy atom. The van der Waals surface area contributed by atoms with Crippen molar-refractivity contribution in [3.63, 3.8) is 0 Å². The lowest BCUT2D eigenvalue weighted by Crippen LogP contribution is -2.21. The topological polar surface area (TPSA) is 226 Å². The van der Waals surface area contributed by atoms with Crippen molar-refractivity contribution in [2.45, 2.75) is 27.7 Å². The third kappa shape index (κ3) is 451. The van der Waals surface area contributed by atoms with Crippen molar-refractivity contribution in [1.82, 2.24) is 0 Å². The maximum Gasteiger partial charge on any atom is 0.185 e. The van der Waals surface area contributed by atoms with Gasteiger partial charge in [-0.3, -0.25) is 20.8 Å². The first-order valence-corrected chi connectivity index (χ1v) is 7.37. The minimum atomic E-state index is 0.130. The van der Waals surface area contributed by atoms with E-state index in [0.29, 0.717) is 11.5 Å². The average Bonchev–Trinajstić information content (AvgIpc) is 2.38. The Morgan fingerprint density at radius 1 is 0.783 bits per heavy atom. The highest BCUT2D eigenvalue weighted by Crippen LogP contribution is 1.83. The summed E-state index contributed by atoms with van der Waals surface area (Å²) in [6.07, 6.45) is 1.77. The molecule has 0 saturated carbocycles. The Morgan fingerprint density at radius 3 is 0.913 bits per heavy atom. The molecule has 0 bridgehead atoms. The summed E-state index contributed by atoms with van der Waals surface area (Å²) in [6, 6.07) is 0. The first-order valence-electron chi connectivity index (χ1n) is 6.15. The van der Waals surface area contributed by atoms with Gasteiger partial charge in [-0.1, -0.05) is 11.8 Å². The summed E-state index contributed by atoms with van der Waals surface area (Å²) in [6.45, 7) is 6.78. The van der Waals surface area contributed by atoms with Crippen molar-refractivity contribution in [2.75, 3.05) is 20.4 Å². The molecule has 0 aromatic heterocycles. The number of thioether (sulfide) groups is 1. The molecular weight excluding hydrogens is 316 g/mol. The Labute approximate surface area is 143 Å². The van der Waals surface area contributed by atoms with Gasteiger partial charge in [0, 0.05) is 19.8 Å². The van der Waals surface area contributed by atoms with Crippen LogP contribution in [0, 0.1) is 16.2 Å². The lowest BCUT2D eigenvalue weighted by Gasteiger charge is -1.78. The van der Waals surface area contributed by atoms with Gasteiger partial charge in [0.05, 0.1) is 11.7 Å². The molecule has 0 aliphatic carbocycles. The van der Waals surface area contributed by atoms with Gasteiger partial charge in [0.1, 0.15) is 0 Å². The molecule has 0 rings (SSSR count). The van der Waals surface area contributed by atoms with Crippen LogP contribution < -0.4 is 28.7 Å². The number of nitrogens with zero attached hydrogens (tertiary/aromatic N) is 2. The molecule has 0 unspecified atom stereocenters. The van der Waals surface area contributed by atoms with Crippen molar-refractivity contribution in [3.05, 3.63) is 0 Å². The fourth-order valence-electron chi connectivity index (χ4n) is 0. The number of nitrogens with one attached hydrogen (secondary N) is 3. The molecule has 0 aliphatic heterocycles. The number of aliphatic imine (C=N–C) groups is 2. The molecule has 23 heavy (non-hydrogen) atoms. The van der Waals surface area contributed by atoms with Crippen molar-refractivity contribution in [1.29, 1.82) is 16.2 Å². The van der Waals surface area contributed by atoms with E-state index in [1.807, 2.05) is 0 Å². The van der Waals surface area contributed by atoms with Crippen LogP contribution in [0.15, 0.2) is 9.98 Å². The molecule has 0 fully saturated rings. The van der Waals surface area contributed by atoms with Crippen LogP contribution in [0.5, 0.6) is 0 Å². The minimum Gasteiger partial charge on any atom is -0.388 e. The third-order valence-corrected chi connectivity index (χ3v) is 1.27. The quantitative estimate of drug-likeness (QED) is 0.223. The first kappa shape index (κ1) is 32.6. The maximum absolute atomic E-state index is 6.50. The van der Waals surface area contributed by atoms with E-state index in [0.717, 1.165) is 0 Å². The lowest BCUT2D eigenvalue weighted by molar-refractivity contribution is 1.36. The van der Waals surface area contributed by atoms with Gasteiger partial charge in [0.25, 0.3) is 0 Å². The summed E-state index contributed by atoms with van der Waals surface area (Å²) < 4.78 is 0. The predicted octanol–water partition coefficient (Wildman–Crippen LogP) is 0.114. The van der Waals surface area contributed by atoms with E-state index >= 15 is 0 Å². The Kier molecular flexibility index (Phi) is 39.6. The molecule has 13 N–H and O–H groups in total. The zero-order chi connectivity index (χ0) is 20.0. The van der Waals surface area contributed by atoms with Crippen LogP contribution in [0.4, 0.5) is 0 Å². The van der Waals surface area contributed by atoms with E-state index in [1.165, 1.54) is 25.7 Å². The molecule has 0 atom stereocenters. The molecule has 0 radical (unpaired) electrons. The lowest BCUT2D eigenvalue weighted by atomic mass is 10.5. The van der Waals surface area contributed by atoms with Crippen molar-refractivity contribution < 1.29 is 0 Å². The highest BCUT2D eigenvalue weighted by molar-refractivity contribution is 8.13. The number of rotatable bonds is 0. The molecule has 0 heterocycles. The molecule has 0 spiro atoms. The summed E-state index contributed by atoms with van der Waals surface area (Å²) in [5, 5.41) is 19.4. The second-order valence-electron chi connectivity index (χ2n) is 3.76. The molecule has 0 amide bonds. The fraction of sp³-hybridized carbons (Fsp3) is 0.583. The molecule has 0 aromatic rings. The molecule has 0 aliphatic rings. The van der Waals surface area contributed by atoms with Crippen LogP contribution in [0.3, 0.4) is 0 Å². The molecular formula is C12H34N10S. The van der Waals surface area contributed by atoms with E-state index in [-0.39, 0.29) is 17.0 Å². The Bertz CT molecular complexity index is 319. The van der Waals surface area contributed by atoms with Gasteiger partial charge in [-0.25, -0.2) is 0 Å². The second-order valence-corrected chi connectivity index (χ2v) is 4.61. The minimum absolute atomic E-state index is 0.130. The van der Waals surface area contributed by atoms with E-state index in [9.17, 15) is 0 Å². The van der Waals surface area contributed by atoms with Gasteiger partial charge in [-0.2, -0.15) is 0 Å². The predicted molar refractivity (Wildman–Crippen MR) is 107 cm³/mol. The standard InChI is InChI=1S/C3H8N2.C3H7N.C2H7N3.C2H6N2S.C2H6N2/c1-3(4)5-2;1-3(2)4;2*1-5-2(3)4;1-2(3)4/h1-2H3,(H2,4,5);4H,1-2H3;1H3,(H4,3,4,5);1H3,(H3,3,4);1H3,(H3,3,4). The number of hydrogen-bond donors (Lipinski definition) is 8. The molecule has 138 valence electrons. The number of hydrogen-bond acceptors (Lipinski definition) is 6. The van der Waals surface area contributed by atoms with Gasteiger partial charge < -0.3 is 34.1 Å². The highest BCUT2D eigenvalue weighted by Gasteiger charge is 1.71. The van der Waals surface area contributed by atoms with Gasteiger partial charge in [-0.05, 0) is 34.0 Å². The molecule has 10 nitrogen and oxygen atoms in total. The summed E-state index contributed by atoms with van der Waals surface area (Å²) in [4.78, 5) is 6.94. The molecule has 0 saturated heterocycles. The van der Waals surface area contributed by atoms with Crippen LogP contribution in [0.1, 0.15) is 27.7 Å². The zero-order valence-electron chi connectivity index (χ0n) is 15.2. The SMILES string of the molecule is CC(=N)N.CC(C)=N.CN=C(C)N.CN=C(N)N.CSC(=N)N. The van der Waals surface area contributed by atoms with Crippen molar-refractivity contribution in [3.8, 4) is 0 Å². The zero-order valence-corrected chi connectivity index (χ0v) is 16.0. The highest BCUT2D eigenvalue weighted by atomic mass is 32.2.